The second-order valence-corrected chi connectivity index (χ2v) is 7.26. The number of amides is 1. The van der Waals surface area contributed by atoms with Gasteiger partial charge in [-0.05, 0) is 43.5 Å². The van der Waals surface area contributed by atoms with Crippen LogP contribution in [0.1, 0.15) is 31.4 Å². The van der Waals surface area contributed by atoms with E-state index in [4.69, 9.17) is 4.74 Å². The van der Waals surface area contributed by atoms with E-state index in [1.165, 1.54) is 5.56 Å². The van der Waals surface area contributed by atoms with Gasteiger partial charge in [-0.25, -0.2) is 0 Å². The first-order valence-electron chi connectivity index (χ1n) is 8.30. The van der Waals surface area contributed by atoms with Gasteiger partial charge in [0.1, 0.15) is 6.04 Å². The lowest BCUT2D eigenvalue weighted by Crippen LogP contribution is -2.24. The van der Waals surface area contributed by atoms with Crippen molar-refractivity contribution in [3.05, 3.63) is 48.3 Å². The third-order valence-corrected chi connectivity index (χ3v) is 5.59. The maximum Gasteiger partial charge on any atom is 0.248 e. The molecule has 0 saturated carbocycles. The van der Waals surface area contributed by atoms with Crippen molar-refractivity contribution in [3.63, 3.8) is 0 Å². The molecule has 5 nitrogen and oxygen atoms in total. The molecule has 1 aromatic carbocycles. The van der Waals surface area contributed by atoms with Gasteiger partial charge in [0.05, 0.1) is 0 Å². The summed E-state index contributed by atoms with van der Waals surface area (Å²) in [6.45, 7) is 3.59. The van der Waals surface area contributed by atoms with Crippen molar-refractivity contribution in [3.8, 4) is 0 Å². The molecular formula is C18H23N3O2S. The highest BCUT2D eigenvalue weighted by molar-refractivity contribution is 7.99. The van der Waals surface area contributed by atoms with E-state index >= 15 is 0 Å². The molecule has 24 heavy (non-hydrogen) atoms. The fourth-order valence-electron chi connectivity index (χ4n) is 2.67. The summed E-state index contributed by atoms with van der Waals surface area (Å²) in [5.41, 5.74) is 2.07. The number of thioether (sulfide) groups is 1. The summed E-state index contributed by atoms with van der Waals surface area (Å²) in [6.07, 6.45) is 5.73. The van der Waals surface area contributed by atoms with Gasteiger partial charge in [-0.3, -0.25) is 9.48 Å². The van der Waals surface area contributed by atoms with Crippen molar-refractivity contribution >= 4 is 23.4 Å². The van der Waals surface area contributed by atoms with Gasteiger partial charge < -0.3 is 10.1 Å². The maximum absolute atomic E-state index is 12.3. The van der Waals surface area contributed by atoms with Crippen molar-refractivity contribution in [1.29, 1.82) is 0 Å². The van der Waals surface area contributed by atoms with E-state index in [1.807, 2.05) is 36.9 Å². The van der Waals surface area contributed by atoms with Crippen LogP contribution in [-0.4, -0.2) is 34.2 Å². The number of ether oxygens (including phenoxy) is 1. The highest BCUT2D eigenvalue weighted by Gasteiger charge is 2.16. The zero-order valence-corrected chi connectivity index (χ0v) is 14.7. The van der Waals surface area contributed by atoms with Crippen molar-refractivity contribution in [2.45, 2.75) is 36.8 Å². The van der Waals surface area contributed by atoms with E-state index < -0.39 is 0 Å². The van der Waals surface area contributed by atoms with Crippen LogP contribution in [0.5, 0.6) is 0 Å². The molecule has 128 valence electrons. The van der Waals surface area contributed by atoms with Crippen LogP contribution < -0.4 is 5.32 Å². The molecular weight excluding hydrogens is 322 g/mol. The number of aromatic nitrogens is 2. The van der Waals surface area contributed by atoms with E-state index in [9.17, 15) is 4.79 Å². The lowest BCUT2D eigenvalue weighted by Gasteiger charge is -2.21. The number of hydrogen-bond donors (Lipinski definition) is 1. The molecule has 0 aliphatic carbocycles. The number of carbonyl (C=O) groups excluding carboxylic acids is 1. The van der Waals surface area contributed by atoms with Crippen LogP contribution in [0.15, 0.2) is 42.7 Å². The van der Waals surface area contributed by atoms with Gasteiger partial charge in [0, 0.05) is 42.3 Å². The molecule has 0 spiro atoms. The largest absolute Gasteiger partial charge is 0.381 e. The molecule has 1 fully saturated rings. The Bertz CT molecular complexity index is 654. The second-order valence-electron chi connectivity index (χ2n) is 5.97. The Morgan fingerprint density at radius 2 is 2.25 bits per heavy atom. The first-order chi connectivity index (χ1) is 11.7. The Morgan fingerprint density at radius 1 is 1.42 bits per heavy atom. The lowest BCUT2D eigenvalue weighted by molar-refractivity contribution is -0.119. The lowest BCUT2D eigenvalue weighted by atomic mass is 10.2. The number of carbonyl (C=O) groups is 1. The Hall–Kier alpha value is -1.79. The van der Waals surface area contributed by atoms with Gasteiger partial charge in [-0.2, -0.15) is 16.9 Å². The first kappa shape index (κ1) is 17.0. The summed E-state index contributed by atoms with van der Waals surface area (Å²) in [6, 6.07) is 9.57. The second kappa shape index (κ2) is 8.35. The Kier molecular flexibility index (Phi) is 5.93. The fraction of sp³-hybridized carbons (Fsp3) is 0.444. The molecule has 2 aromatic rings. The van der Waals surface area contributed by atoms with Crippen LogP contribution in [-0.2, 0) is 15.3 Å². The van der Waals surface area contributed by atoms with Gasteiger partial charge in [0.25, 0.3) is 0 Å². The topological polar surface area (TPSA) is 56.1 Å². The number of nitrogens with one attached hydrogen (secondary N) is 1. The number of hydrogen-bond acceptors (Lipinski definition) is 4. The van der Waals surface area contributed by atoms with E-state index in [-0.39, 0.29) is 11.9 Å². The quantitative estimate of drug-likeness (QED) is 0.871. The van der Waals surface area contributed by atoms with E-state index in [0.29, 0.717) is 5.25 Å². The van der Waals surface area contributed by atoms with Crippen molar-refractivity contribution in [2.75, 3.05) is 18.5 Å². The molecule has 0 radical (unpaired) electrons. The third-order valence-electron chi connectivity index (χ3n) is 4.15. The van der Waals surface area contributed by atoms with Crippen molar-refractivity contribution in [1.82, 2.24) is 9.78 Å². The van der Waals surface area contributed by atoms with Crippen molar-refractivity contribution < 1.29 is 9.53 Å². The summed E-state index contributed by atoms with van der Waals surface area (Å²) >= 11 is 1.98. The molecule has 6 heteroatoms. The zero-order chi connectivity index (χ0) is 16.8. The molecule has 1 aromatic heterocycles. The van der Waals surface area contributed by atoms with Crippen LogP contribution in [0.4, 0.5) is 5.69 Å². The minimum absolute atomic E-state index is 0.0621. The highest BCUT2D eigenvalue weighted by atomic mass is 32.2. The summed E-state index contributed by atoms with van der Waals surface area (Å²) in [7, 11) is 0. The van der Waals surface area contributed by atoms with Crippen LogP contribution in [0.3, 0.4) is 0 Å². The fourth-order valence-corrected chi connectivity index (χ4v) is 3.81. The standard InChI is InChI=1S/C18H23N3O2S/c1-14(21-9-3-8-19-21)18(22)20-16-5-2-4-15(12-16)13-24-17-6-10-23-11-7-17/h2-5,8-9,12,14,17H,6-7,10-11,13H2,1H3,(H,20,22)/t14-/m0/s1. The molecule has 0 unspecified atom stereocenters. The van der Waals surface area contributed by atoms with Crippen LogP contribution in [0, 0.1) is 0 Å². The average molecular weight is 345 g/mol. The number of benzene rings is 1. The molecule has 1 saturated heterocycles. The molecule has 1 N–H and O–H groups in total. The Balaban J connectivity index is 1.55. The van der Waals surface area contributed by atoms with Gasteiger partial charge in [-0.15, -0.1) is 0 Å². The summed E-state index contributed by atoms with van der Waals surface area (Å²) in [5, 5.41) is 7.78. The minimum atomic E-state index is -0.333. The molecule has 1 amide bonds. The SMILES string of the molecule is C[C@@H](C(=O)Nc1cccc(CSC2CCOCC2)c1)n1cccn1. The molecule has 1 aliphatic heterocycles. The van der Waals surface area contributed by atoms with Gasteiger partial charge >= 0.3 is 0 Å². The van der Waals surface area contributed by atoms with Crippen molar-refractivity contribution in [2.24, 2.45) is 0 Å². The third kappa shape index (κ3) is 4.61. The monoisotopic (exact) mass is 345 g/mol. The van der Waals surface area contributed by atoms with Gasteiger partial charge in [0.2, 0.25) is 5.91 Å². The zero-order valence-electron chi connectivity index (χ0n) is 13.9. The average Bonchev–Trinajstić information content (AvgIpc) is 3.15. The van der Waals surface area contributed by atoms with Crippen LogP contribution >= 0.6 is 11.8 Å². The first-order valence-corrected chi connectivity index (χ1v) is 9.35. The Labute approximate surface area is 146 Å². The smallest absolute Gasteiger partial charge is 0.248 e. The molecule has 2 heterocycles. The van der Waals surface area contributed by atoms with E-state index in [1.54, 1.807) is 17.1 Å². The summed E-state index contributed by atoms with van der Waals surface area (Å²) < 4.78 is 7.05. The predicted octanol–water partition coefficient (Wildman–Crippen LogP) is 3.50. The van der Waals surface area contributed by atoms with Crippen LogP contribution in [0.2, 0.25) is 0 Å². The number of nitrogens with zero attached hydrogens (tertiary/aromatic N) is 2. The van der Waals surface area contributed by atoms with Crippen LogP contribution in [0.25, 0.3) is 0 Å². The van der Waals surface area contributed by atoms with Gasteiger partial charge in [0.15, 0.2) is 0 Å². The summed E-state index contributed by atoms with van der Waals surface area (Å²) in [4.78, 5) is 12.3. The summed E-state index contributed by atoms with van der Waals surface area (Å²) in [5.74, 6) is 0.899. The predicted molar refractivity (Wildman–Crippen MR) is 97.1 cm³/mol. The maximum atomic E-state index is 12.3. The molecule has 3 rings (SSSR count). The highest BCUT2D eigenvalue weighted by Crippen LogP contribution is 2.26. The minimum Gasteiger partial charge on any atom is -0.381 e. The number of anilines is 1. The van der Waals surface area contributed by atoms with Gasteiger partial charge in [-0.1, -0.05) is 12.1 Å². The normalized spacial score (nSPS) is 16.7. The van der Waals surface area contributed by atoms with E-state index in [2.05, 4.69) is 22.5 Å². The molecule has 1 atom stereocenters. The molecule has 1 aliphatic rings. The van der Waals surface area contributed by atoms with E-state index in [0.717, 1.165) is 37.5 Å². The number of rotatable bonds is 6. The molecule has 0 bridgehead atoms. The Morgan fingerprint density at radius 3 is 3.00 bits per heavy atom.